The fourth-order valence-corrected chi connectivity index (χ4v) is 1.76. The molecule has 82 valence electrons. The van der Waals surface area contributed by atoms with Gasteiger partial charge in [-0.05, 0) is 23.6 Å². The summed E-state index contributed by atoms with van der Waals surface area (Å²) in [7, 11) is 2.04. The van der Waals surface area contributed by atoms with Crippen LogP contribution in [0, 0.1) is 0 Å². The number of nitrogens with one attached hydrogen (secondary N) is 1. The summed E-state index contributed by atoms with van der Waals surface area (Å²) in [6, 6.07) is 2.14. The highest BCUT2D eigenvalue weighted by Gasteiger charge is 2.02. The van der Waals surface area contributed by atoms with Gasteiger partial charge in [0.25, 0.3) is 0 Å². The first-order valence-electron chi connectivity index (χ1n) is 5.42. The Morgan fingerprint density at radius 1 is 1.47 bits per heavy atom. The summed E-state index contributed by atoms with van der Waals surface area (Å²) in [5.74, 6) is 0. The van der Waals surface area contributed by atoms with Gasteiger partial charge in [-0.3, -0.25) is 0 Å². The average molecular weight is 206 g/mol. The van der Waals surface area contributed by atoms with Crippen LogP contribution in [0.25, 0.3) is 0 Å². The van der Waals surface area contributed by atoms with Crippen LogP contribution < -0.4 is 5.32 Å². The summed E-state index contributed by atoms with van der Waals surface area (Å²) >= 11 is 0. The first-order valence-corrected chi connectivity index (χ1v) is 5.42. The van der Waals surface area contributed by atoms with Crippen LogP contribution in [0.1, 0.15) is 12.0 Å². The molecule has 0 bridgehead atoms. The Labute approximate surface area is 90.7 Å². The number of aryl methyl sites for hydroxylation is 1. The van der Waals surface area contributed by atoms with Crippen molar-refractivity contribution >= 4 is 0 Å². The third-order valence-corrected chi connectivity index (χ3v) is 2.56. The van der Waals surface area contributed by atoms with Crippen molar-refractivity contribution in [2.24, 2.45) is 7.05 Å². The molecule has 2 heterocycles. The maximum absolute atomic E-state index is 5.38. The second-order valence-electron chi connectivity index (χ2n) is 3.99. The first-order chi connectivity index (χ1) is 7.34. The van der Waals surface area contributed by atoms with E-state index < -0.39 is 0 Å². The van der Waals surface area contributed by atoms with Crippen molar-refractivity contribution in [1.29, 1.82) is 0 Å². The van der Waals surface area contributed by atoms with Gasteiger partial charge in [0.05, 0.1) is 13.2 Å². The minimum atomic E-state index is 0.793. The van der Waals surface area contributed by atoms with Crippen molar-refractivity contribution in [3.63, 3.8) is 0 Å². The Balaban J connectivity index is 1.72. The van der Waals surface area contributed by atoms with Crippen LogP contribution >= 0.6 is 0 Å². The van der Waals surface area contributed by atoms with Gasteiger partial charge >= 0.3 is 0 Å². The van der Waals surface area contributed by atoms with E-state index in [4.69, 9.17) is 4.74 Å². The van der Waals surface area contributed by atoms with Crippen LogP contribution in [0.3, 0.4) is 0 Å². The van der Waals surface area contributed by atoms with Crippen molar-refractivity contribution in [2.45, 2.75) is 13.0 Å². The number of hydrogen-bond donors (Lipinski definition) is 1. The minimum absolute atomic E-state index is 0.793. The Kier molecular flexibility index (Phi) is 3.59. The zero-order chi connectivity index (χ0) is 10.5. The number of hydrogen-bond acceptors (Lipinski definition) is 2. The number of aromatic nitrogens is 1. The average Bonchev–Trinajstić information content (AvgIpc) is 2.66. The molecule has 0 fully saturated rings. The van der Waals surface area contributed by atoms with Gasteiger partial charge in [-0.25, -0.2) is 0 Å². The lowest BCUT2D eigenvalue weighted by Crippen LogP contribution is -2.20. The predicted octanol–water partition coefficient (Wildman–Crippen LogP) is 1.46. The molecule has 0 aromatic carbocycles. The Morgan fingerprint density at radius 2 is 2.40 bits per heavy atom. The molecule has 1 N–H and O–H groups in total. The molecule has 1 aromatic heterocycles. The molecule has 1 aliphatic rings. The number of rotatable bonds is 4. The van der Waals surface area contributed by atoms with Gasteiger partial charge in [0.15, 0.2) is 0 Å². The van der Waals surface area contributed by atoms with Gasteiger partial charge < -0.3 is 14.6 Å². The van der Waals surface area contributed by atoms with E-state index in [1.807, 2.05) is 7.05 Å². The molecule has 2 rings (SSSR count). The molecule has 0 spiro atoms. The standard InChI is InChI=1S/C12H18N2O/c1-14-5-4-11(9-14)7-13-8-12-3-2-6-15-10-12/h3-5,9,13H,2,6-8,10H2,1H3. The molecule has 15 heavy (non-hydrogen) atoms. The number of ether oxygens (including phenoxy) is 1. The molecule has 0 aliphatic carbocycles. The summed E-state index contributed by atoms with van der Waals surface area (Å²) < 4.78 is 7.45. The van der Waals surface area contributed by atoms with E-state index in [-0.39, 0.29) is 0 Å². The van der Waals surface area contributed by atoms with Crippen LogP contribution in [0.2, 0.25) is 0 Å². The third kappa shape index (κ3) is 3.22. The summed E-state index contributed by atoms with van der Waals surface area (Å²) in [6.45, 7) is 3.54. The normalized spacial score (nSPS) is 16.5. The van der Waals surface area contributed by atoms with Crippen molar-refractivity contribution < 1.29 is 4.74 Å². The van der Waals surface area contributed by atoms with E-state index in [2.05, 4.69) is 34.4 Å². The maximum atomic E-state index is 5.38. The minimum Gasteiger partial charge on any atom is -0.377 e. The van der Waals surface area contributed by atoms with Gasteiger partial charge in [-0.2, -0.15) is 0 Å². The quantitative estimate of drug-likeness (QED) is 0.755. The van der Waals surface area contributed by atoms with Crippen molar-refractivity contribution in [1.82, 2.24) is 9.88 Å². The molecule has 0 saturated carbocycles. The van der Waals surface area contributed by atoms with Crippen molar-refractivity contribution in [3.8, 4) is 0 Å². The molecular weight excluding hydrogens is 188 g/mol. The molecule has 1 aliphatic heterocycles. The van der Waals surface area contributed by atoms with E-state index in [0.717, 1.165) is 32.7 Å². The maximum Gasteiger partial charge on any atom is 0.0689 e. The van der Waals surface area contributed by atoms with Crippen LogP contribution in [0.15, 0.2) is 30.1 Å². The van der Waals surface area contributed by atoms with E-state index in [1.54, 1.807) is 0 Å². The highest BCUT2D eigenvalue weighted by Crippen LogP contribution is 2.05. The number of nitrogens with zero attached hydrogens (tertiary/aromatic N) is 1. The molecule has 0 radical (unpaired) electrons. The predicted molar refractivity (Wildman–Crippen MR) is 60.6 cm³/mol. The molecule has 1 aromatic rings. The monoisotopic (exact) mass is 206 g/mol. The zero-order valence-electron chi connectivity index (χ0n) is 9.20. The van der Waals surface area contributed by atoms with Gasteiger partial charge in [-0.15, -0.1) is 0 Å². The largest absolute Gasteiger partial charge is 0.377 e. The molecule has 0 atom stereocenters. The highest BCUT2D eigenvalue weighted by atomic mass is 16.5. The third-order valence-electron chi connectivity index (χ3n) is 2.56. The topological polar surface area (TPSA) is 26.2 Å². The second-order valence-corrected chi connectivity index (χ2v) is 3.99. The van der Waals surface area contributed by atoms with Crippen LogP contribution in [-0.2, 0) is 18.3 Å². The lowest BCUT2D eigenvalue weighted by Gasteiger charge is -2.13. The molecular formula is C12H18N2O. The van der Waals surface area contributed by atoms with Gasteiger partial charge in [0, 0.05) is 32.5 Å². The molecule has 3 nitrogen and oxygen atoms in total. The van der Waals surface area contributed by atoms with Crippen LogP contribution in [0.5, 0.6) is 0 Å². The fraction of sp³-hybridized carbons (Fsp3) is 0.500. The summed E-state index contributed by atoms with van der Waals surface area (Å²) in [5.41, 5.74) is 2.70. The second kappa shape index (κ2) is 5.14. The Hall–Kier alpha value is -1.06. The zero-order valence-corrected chi connectivity index (χ0v) is 9.20. The molecule has 0 amide bonds. The van der Waals surface area contributed by atoms with E-state index in [1.165, 1.54) is 11.1 Å². The van der Waals surface area contributed by atoms with E-state index in [9.17, 15) is 0 Å². The summed E-state index contributed by atoms with van der Waals surface area (Å²) in [5, 5.41) is 3.42. The van der Waals surface area contributed by atoms with Crippen molar-refractivity contribution in [3.05, 3.63) is 35.7 Å². The summed E-state index contributed by atoms with van der Waals surface area (Å²) in [4.78, 5) is 0. The fourth-order valence-electron chi connectivity index (χ4n) is 1.76. The molecule has 0 unspecified atom stereocenters. The van der Waals surface area contributed by atoms with E-state index in [0.29, 0.717) is 0 Å². The van der Waals surface area contributed by atoms with E-state index >= 15 is 0 Å². The van der Waals surface area contributed by atoms with Crippen LogP contribution in [-0.4, -0.2) is 24.3 Å². The Bertz CT molecular complexity index is 341. The Morgan fingerprint density at radius 3 is 3.07 bits per heavy atom. The smallest absolute Gasteiger partial charge is 0.0689 e. The lowest BCUT2D eigenvalue weighted by atomic mass is 10.2. The van der Waals surface area contributed by atoms with Gasteiger partial charge in [-0.1, -0.05) is 6.08 Å². The lowest BCUT2D eigenvalue weighted by molar-refractivity contribution is 0.149. The SMILES string of the molecule is Cn1ccc(CNCC2=CCCOC2)c1. The summed E-state index contributed by atoms with van der Waals surface area (Å²) in [6.07, 6.45) is 7.54. The van der Waals surface area contributed by atoms with Crippen molar-refractivity contribution in [2.75, 3.05) is 19.8 Å². The molecule has 3 heteroatoms. The van der Waals surface area contributed by atoms with Gasteiger partial charge in [0.2, 0.25) is 0 Å². The highest BCUT2D eigenvalue weighted by molar-refractivity contribution is 5.11. The van der Waals surface area contributed by atoms with Gasteiger partial charge in [0.1, 0.15) is 0 Å². The molecule has 0 saturated heterocycles. The van der Waals surface area contributed by atoms with Crippen LogP contribution in [0.4, 0.5) is 0 Å². The first kappa shape index (κ1) is 10.5.